The van der Waals surface area contributed by atoms with Crippen molar-refractivity contribution in [1.29, 1.82) is 0 Å². The molecular formula is C23H30N8O7. The Morgan fingerprint density at radius 2 is 1.37 bits per heavy atom. The van der Waals surface area contributed by atoms with Crippen molar-refractivity contribution < 1.29 is 33.9 Å². The van der Waals surface area contributed by atoms with Crippen LogP contribution in [-0.4, -0.2) is 74.7 Å². The van der Waals surface area contributed by atoms with Crippen molar-refractivity contribution in [3.05, 3.63) is 54.1 Å². The number of carboxylic acid groups (broad SMARTS) is 1. The van der Waals surface area contributed by atoms with E-state index < -0.39 is 72.5 Å². The van der Waals surface area contributed by atoms with Crippen LogP contribution in [0.2, 0.25) is 0 Å². The van der Waals surface area contributed by atoms with Crippen molar-refractivity contribution in [3.8, 4) is 0 Å². The number of carbonyl (C=O) groups is 6. The molecule has 15 heteroatoms. The van der Waals surface area contributed by atoms with Crippen molar-refractivity contribution in [1.82, 2.24) is 25.9 Å². The molecule has 0 saturated heterocycles. The van der Waals surface area contributed by atoms with Crippen molar-refractivity contribution in [2.75, 3.05) is 0 Å². The van der Waals surface area contributed by atoms with E-state index in [4.69, 9.17) is 17.2 Å². The number of carbonyl (C=O) groups excluding carboxylic acids is 5. The number of carboxylic acids is 1. The average molecular weight is 531 g/mol. The standard InChI is InChI=1S/C23H30N8O7/c24-14(7-13-10-27-11-28-13)20(34)29-15(6-12-4-2-1-3-5-12)21(35)30-16(8-18(25)32)22(36)31-17(23(37)38)9-19(26)33/h1-5,10-11,14-17H,6-9,24H2,(H2,25,32)(H2,26,33)(H,27,28)(H,29,34)(H,30,35)(H,31,36)(H,37,38). The summed E-state index contributed by atoms with van der Waals surface area (Å²) in [5, 5.41) is 16.2. The van der Waals surface area contributed by atoms with E-state index in [0.29, 0.717) is 11.3 Å². The van der Waals surface area contributed by atoms with Gasteiger partial charge in [-0.15, -0.1) is 0 Å². The van der Waals surface area contributed by atoms with E-state index in [1.165, 1.54) is 12.5 Å². The van der Waals surface area contributed by atoms with Gasteiger partial charge in [-0.05, 0) is 5.56 Å². The third kappa shape index (κ3) is 9.69. The van der Waals surface area contributed by atoms with Gasteiger partial charge in [0.2, 0.25) is 29.5 Å². The number of nitrogens with two attached hydrogens (primary N) is 3. The number of H-pyrrole nitrogens is 1. The van der Waals surface area contributed by atoms with Crippen LogP contribution in [0, 0.1) is 0 Å². The number of imidazole rings is 1. The molecule has 0 saturated carbocycles. The Hall–Kier alpha value is -4.79. The topological polar surface area (TPSA) is 265 Å². The molecule has 4 atom stereocenters. The van der Waals surface area contributed by atoms with E-state index >= 15 is 0 Å². The second-order valence-electron chi connectivity index (χ2n) is 8.44. The number of hydrogen-bond acceptors (Lipinski definition) is 8. The monoisotopic (exact) mass is 530 g/mol. The first-order valence-electron chi connectivity index (χ1n) is 11.4. The number of nitrogens with one attached hydrogen (secondary N) is 4. The summed E-state index contributed by atoms with van der Waals surface area (Å²) in [4.78, 5) is 79.5. The Morgan fingerprint density at radius 1 is 0.816 bits per heavy atom. The maximum absolute atomic E-state index is 13.2. The smallest absolute Gasteiger partial charge is 0.326 e. The molecule has 2 aromatic rings. The quantitative estimate of drug-likeness (QED) is 0.115. The number of primary amides is 2. The van der Waals surface area contributed by atoms with Crippen molar-refractivity contribution in [2.24, 2.45) is 17.2 Å². The summed E-state index contributed by atoms with van der Waals surface area (Å²) in [5.41, 5.74) is 17.5. The lowest BCUT2D eigenvalue weighted by Gasteiger charge is -2.24. The molecule has 5 amide bonds. The van der Waals surface area contributed by atoms with Crippen LogP contribution >= 0.6 is 0 Å². The van der Waals surface area contributed by atoms with Crippen LogP contribution in [0.5, 0.6) is 0 Å². The Morgan fingerprint density at radius 3 is 1.92 bits per heavy atom. The molecule has 0 fully saturated rings. The molecule has 1 heterocycles. The lowest BCUT2D eigenvalue weighted by molar-refractivity contribution is -0.144. The number of benzene rings is 1. The molecule has 204 valence electrons. The zero-order valence-corrected chi connectivity index (χ0v) is 20.3. The van der Waals surface area contributed by atoms with Gasteiger partial charge in [0.05, 0.1) is 25.2 Å². The Kier molecular flexibility index (Phi) is 10.9. The third-order valence-corrected chi connectivity index (χ3v) is 5.31. The summed E-state index contributed by atoms with van der Waals surface area (Å²) >= 11 is 0. The minimum absolute atomic E-state index is 0.000469. The van der Waals surface area contributed by atoms with Gasteiger partial charge in [0.15, 0.2) is 0 Å². The maximum Gasteiger partial charge on any atom is 0.326 e. The van der Waals surface area contributed by atoms with Gasteiger partial charge in [0.25, 0.3) is 0 Å². The average Bonchev–Trinajstić information content (AvgIpc) is 3.35. The molecule has 11 N–H and O–H groups in total. The first kappa shape index (κ1) is 29.4. The van der Waals surface area contributed by atoms with Crippen LogP contribution < -0.4 is 33.2 Å². The fourth-order valence-electron chi connectivity index (χ4n) is 3.42. The van der Waals surface area contributed by atoms with E-state index in [9.17, 15) is 33.9 Å². The molecule has 0 aliphatic heterocycles. The van der Waals surface area contributed by atoms with Gasteiger partial charge in [0.1, 0.15) is 18.1 Å². The number of aromatic amines is 1. The number of aromatic nitrogens is 2. The summed E-state index contributed by atoms with van der Waals surface area (Å²) < 4.78 is 0. The zero-order chi connectivity index (χ0) is 28.2. The summed E-state index contributed by atoms with van der Waals surface area (Å²) in [6.45, 7) is 0. The highest BCUT2D eigenvalue weighted by Gasteiger charge is 2.32. The molecule has 15 nitrogen and oxygen atoms in total. The predicted octanol–water partition coefficient (Wildman–Crippen LogP) is -3.19. The lowest BCUT2D eigenvalue weighted by Crippen LogP contribution is -2.58. The molecule has 1 aromatic carbocycles. The highest BCUT2D eigenvalue weighted by Crippen LogP contribution is 2.06. The number of rotatable bonds is 15. The number of hydrogen-bond donors (Lipinski definition) is 8. The van der Waals surface area contributed by atoms with Gasteiger partial charge in [-0.3, -0.25) is 24.0 Å². The van der Waals surface area contributed by atoms with Crippen LogP contribution in [0.4, 0.5) is 0 Å². The van der Waals surface area contributed by atoms with Crippen LogP contribution in [0.3, 0.4) is 0 Å². The predicted molar refractivity (Wildman–Crippen MR) is 131 cm³/mol. The van der Waals surface area contributed by atoms with E-state index in [1.807, 2.05) is 0 Å². The molecule has 1 aromatic heterocycles. The van der Waals surface area contributed by atoms with Gasteiger partial charge in [0, 0.05) is 24.7 Å². The maximum atomic E-state index is 13.2. The van der Waals surface area contributed by atoms with E-state index in [0.717, 1.165) is 0 Å². The Bertz CT molecular complexity index is 1140. The summed E-state index contributed by atoms with van der Waals surface area (Å²) in [6, 6.07) is 3.05. The minimum atomic E-state index is -1.70. The fourth-order valence-corrected chi connectivity index (χ4v) is 3.42. The van der Waals surface area contributed by atoms with E-state index in [2.05, 4.69) is 25.9 Å². The summed E-state index contributed by atoms with van der Waals surface area (Å²) in [5.74, 6) is -6.14. The fraction of sp³-hybridized carbons (Fsp3) is 0.348. The molecule has 0 spiro atoms. The summed E-state index contributed by atoms with van der Waals surface area (Å²) in [7, 11) is 0. The number of amides is 5. The highest BCUT2D eigenvalue weighted by molar-refractivity contribution is 5.96. The normalized spacial score (nSPS) is 13.8. The first-order valence-corrected chi connectivity index (χ1v) is 11.4. The van der Waals surface area contributed by atoms with Gasteiger partial charge >= 0.3 is 5.97 Å². The first-order chi connectivity index (χ1) is 18.0. The Balaban J connectivity index is 2.21. The number of nitrogens with zero attached hydrogens (tertiary/aromatic N) is 1. The van der Waals surface area contributed by atoms with Gasteiger partial charge in [-0.1, -0.05) is 30.3 Å². The second kappa shape index (κ2) is 14.1. The number of aliphatic carboxylic acids is 1. The second-order valence-corrected chi connectivity index (χ2v) is 8.44. The molecular weight excluding hydrogens is 500 g/mol. The van der Waals surface area contributed by atoms with E-state index in [-0.39, 0.29) is 12.8 Å². The van der Waals surface area contributed by atoms with Crippen molar-refractivity contribution >= 4 is 35.5 Å². The van der Waals surface area contributed by atoms with Gasteiger partial charge in [-0.25, -0.2) is 9.78 Å². The molecule has 0 bridgehead atoms. The minimum Gasteiger partial charge on any atom is -0.480 e. The lowest BCUT2D eigenvalue weighted by atomic mass is 10.0. The van der Waals surface area contributed by atoms with Crippen LogP contribution in [0.1, 0.15) is 24.1 Å². The van der Waals surface area contributed by atoms with Crippen molar-refractivity contribution in [2.45, 2.75) is 49.9 Å². The molecule has 4 unspecified atom stereocenters. The van der Waals surface area contributed by atoms with Gasteiger partial charge < -0.3 is 43.2 Å². The van der Waals surface area contributed by atoms with Crippen LogP contribution in [0.25, 0.3) is 0 Å². The molecule has 2 rings (SSSR count). The summed E-state index contributed by atoms with van der Waals surface area (Å²) in [6.07, 6.45) is 1.62. The van der Waals surface area contributed by atoms with Crippen LogP contribution in [-0.2, 0) is 41.6 Å². The molecule has 0 aliphatic carbocycles. The van der Waals surface area contributed by atoms with Crippen molar-refractivity contribution in [3.63, 3.8) is 0 Å². The van der Waals surface area contributed by atoms with E-state index in [1.54, 1.807) is 30.3 Å². The third-order valence-electron chi connectivity index (χ3n) is 5.31. The van der Waals surface area contributed by atoms with Gasteiger partial charge in [-0.2, -0.15) is 0 Å². The zero-order valence-electron chi connectivity index (χ0n) is 20.3. The molecule has 38 heavy (non-hydrogen) atoms. The molecule has 0 radical (unpaired) electrons. The highest BCUT2D eigenvalue weighted by atomic mass is 16.4. The Labute approximate surface area is 216 Å². The SMILES string of the molecule is NC(=O)CC(NC(=O)C(CC(N)=O)NC(=O)C(Cc1ccccc1)NC(=O)C(N)Cc1cnc[nH]1)C(=O)O. The largest absolute Gasteiger partial charge is 0.480 e. The molecule has 0 aliphatic rings. The van der Waals surface area contributed by atoms with Crippen LogP contribution in [0.15, 0.2) is 42.9 Å².